The first-order valence-corrected chi connectivity index (χ1v) is 8.88. The molecule has 0 saturated heterocycles. The highest BCUT2D eigenvalue weighted by atomic mass is 35.5. The van der Waals surface area contributed by atoms with Crippen molar-refractivity contribution in [2.45, 2.75) is 11.8 Å². The molecule has 1 aliphatic rings. The number of rotatable bonds is 5. The van der Waals surface area contributed by atoms with Gasteiger partial charge in [0.1, 0.15) is 11.5 Å². The topological polar surface area (TPSA) is 95.7 Å². The monoisotopic (exact) mass is 400 g/mol. The number of Topliss-reactive ketones (excluding diaryl/α,β-unsaturated/α-hetero) is 1. The molecule has 1 atom stereocenters. The Morgan fingerprint density at radius 1 is 1.27 bits per heavy atom. The second-order valence-electron chi connectivity index (χ2n) is 5.06. The third-order valence-electron chi connectivity index (χ3n) is 3.25. The molecule has 0 aromatic heterocycles. The maximum atomic E-state index is 14.2. The lowest BCUT2D eigenvalue weighted by Crippen LogP contribution is -2.17. The number of ether oxygens (including phenoxy) is 1. The first-order chi connectivity index (χ1) is 13.4. The number of benzene rings is 2. The van der Waals surface area contributed by atoms with Crippen molar-refractivity contribution in [1.82, 2.24) is 0 Å². The minimum absolute atomic E-state index is 0.264. The van der Waals surface area contributed by atoms with Gasteiger partial charge in [0.25, 0.3) is 0 Å². The van der Waals surface area contributed by atoms with Gasteiger partial charge >= 0.3 is 10.1 Å². The molecule has 0 radical (unpaired) electrons. The number of hydrogen-bond acceptors (Lipinski definition) is 6. The van der Waals surface area contributed by atoms with Crippen molar-refractivity contribution in [2.75, 3.05) is 0 Å². The summed E-state index contributed by atoms with van der Waals surface area (Å²) < 4.78 is 72.8. The molecule has 0 aliphatic carbocycles. The van der Waals surface area contributed by atoms with E-state index in [0.717, 1.165) is 6.07 Å². The molecule has 0 saturated carbocycles. The second kappa shape index (κ2) is 6.97. The Kier molecular flexibility index (Phi) is 3.91. The third-order valence-corrected chi connectivity index (χ3v) is 4.43. The van der Waals surface area contributed by atoms with Crippen molar-refractivity contribution in [3.05, 3.63) is 82.1 Å². The van der Waals surface area contributed by atoms with E-state index in [0.29, 0.717) is 0 Å². The normalized spacial score (nSPS) is 22.4. The zero-order chi connectivity index (χ0) is 21.6. The van der Waals surface area contributed by atoms with Gasteiger partial charge in [0.15, 0.2) is 6.08 Å². The van der Waals surface area contributed by atoms with E-state index in [1.54, 1.807) is 6.07 Å². The van der Waals surface area contributed by atoms with Crippen LogP contribution < -0.4 is 5.73 Å². The van der Waals surface area contributed by atoms with Crippen molar-refractivity contribution in [1.29, 1.82) is 0 Å². The number of carbonyl (C=O) groups excluding carboxylic acids is 1. The molecule has 1 unspecified atom stereocenters. The van der Waals surface area contributed by atoms with Crippen LogP contribution in [0, 0.1) is 5.82 Å². The van der Waals surface area contributed by atoms with Crippen LogP contribution in [-0.4, -0.2) is 14.2 Å². The first-order valence-electron chi connectivity index (χ1n) is 8.59. The van der Waals surface area contributed by atoms with Gasteiger partial charge in [0.2, 0.25) is 17.4 Å². The van der Waals surface area contributed by atoms with Gasteiger partial charge in [-0.15, -0.1) is 0 Å². The van der Waals surface area contributed by atoms with E-state index in [1.165, 1.54) is 36.4 Å². The zero-order valence-corrected chi connectivity index (χ0v) is 14.5. The standard InChI is InChI=1S/C17H13ClFNO5S/c18-11-7-4-8-12(19)13(11)15-14(21)16(17(20)24-15)25-26(22,23)9-10-5-2-1-3-6-10/h1-8,15H,9,20H2/i9D2,15D. The van der Waals surface area contributed by atoms with E-state index in [1.807, 2.05) is 0 Å². The molecule has 0 amide bonds. The Morgan fingerprint density at radius 3 is 2.62 bits per heavy atom. The van der Waals surface area contributed by atoms with Gasteiger partial charge in [0.05, 0.1) is 14.7 Å². The molecule has 9 heteroatoms. The van der Waals surface area contributed by atoms with E-state index in [2.05, 4.69) is 4.18 Å². The van der Waals surface area contributed by atoms with Crippen LogP contribution in [0.25, 0.3) is 0 Å². The van der Waals surface area contributed by atoms with Gasteiger partial charge < -0.3 is 14.7 Å². The van der Waals surface area contributed by atoms with Crippen LogP contribution in [0.4, 0.5) is 4.39 Å². The highest BCUT2D eigenvalue weighted by Crippen LogP contribution is 2.37. The minimum atomic E-state index is -5.13. The molecule has 0 bridgehead atoms. The number of hydrogen-bond donors (Lipinski definition) is 1. The number of carbonyl (C=O) groups is 1. The summed E-state index contributed by atoms with van der Waals surface area (Å²) in [6.07, 6.45) is -2.84. The minimum Gasteiger partial charge on any atom is -0.460 e. The summed E-state index contributed by atoms with van der Waals surface area (Å²) in [5.74, 6) is -4.57. The van der Waals surface area contributed by atoms with Crippen molar-refractivity contribution >= 4 is 27.5 Å². The Balaban J connectivity index is 1.99. The summed E-state index contributed by atoms with van der Waals surface area (Å²) in [5.41, 5.74) is 1.50. The van der Waals surface area contributed by atoms with Crippen molar-refractivity contribution in [2.24, 2.45) is 5.73 Å². The van der Waals surface area contributed by atoms with Crippen LogP contribution in [0.1, 0.15) is 21.3 Å². The maximum absolute atomic E-state index is 14.2. The molecule has 26 heavy (non-hydrogen) atoms. The quantitative estimate of drug-likeness (QED) is 0.775. The number of ketones is 1. The summed E-state index contributed by atoms with van der Waals surface area (Å²) in [6, 6.07) is 10.1. The van der Waals surface area contributed by atoms with Crippen LogP contribution in [0.15, 0.2) is 60.2 Å². The molecule has 3 rings (SSSR count). The Hall–Kier alpha value is -2.58. The van der Waals surface area contributed by atoms with E-state index in [4.69, 9.17) is 26.2 Å². The molecular weight excluding hydrogens is 385 g/mol. The van der Waals surface area contributed by atoms with Gasteiger partial charge in [-0.1, -0.05) is 48.0 Å². The highest BCUT2D eigenvalue weighted by Gasteiger charge is 2.41. The molecule has 6 nitrogen and oxygen atoms in total. The maximum Gasteiger partial charge on any atom is 0.313 e. The lowest BCUT2D eigenvalue weighted by Gasteiger charge is -2.12. The van der Waals surface area contributed by atoms with Crippen LogP contribution in [0.3, 0.4) is 0 Å². The summed E-state index contributed by atoms with van der Waals surface area (Å²) in [4.78, 5) is 12.7. The van der Waals surface area contributed by atoms with Gasteiger partial charge in [-0.25, -0.2) is 4.39 Å². The highest BCUT2D eigenvalue weighted by molar-refractivity contribution is 7.86. The van der Waals surface area contributed by atoms with E-state index in [-0.39, 0.29) is 10.6 Å². The van der Waals surface area contributed by atoms with E-state index < -0.39 is 50.7 Å². The molecule has 0 spiro atoms. The fourth-order valence-electron chi connectivity index (χ4n) is 2.16. The lowest BCUT2D eigenvalue weighted by atomic mass is 10.1. The fraction of sp³-hybridized carbons (Fsp3) is 0.118. The summed E-state index contributed by atoms with van der Waals surface area (Å²) in [5, 5.41) is -0.329. The van der Waals surface area contributed by atoms with Crippen molar-refractivity contribution < 1.29 is 30.6 Å². The first kappa shape index (κ1) is 14.6. The molecule has 136 valence electrons. The Morgan fingerprint density at radius 2 is 1.96 bits per heavy atom. The number of halogens is 2. The smallest absolute Gasteiger partial charge is 0.313 e. The number of nitrogens with two attached hydrogens (primary N) is 1. The van der Waals surface area contributed by atoms with Crippen LogP contribution in [0.5, 0.6) is 0 Å². The summed E-state index contributed by atoms with van der Waals surface area (Å²) in [7, 11) is -5.13. The molecular formula is C17H13ClFNO5S. The van der Waals surface area contributed by atoms with Crippen LogP contribution in [0.2, 0.25) is 5.02 Å². The Labute approximate surface area is 158 Å². The van der Waals surface area contributed by atoms with E-state index in [9.17, 15) is 17.6 Å². The average molecular weight is 401 g/mol. The van der Waals surface area contributed by atoms with Gasteiger partial charge in [-0.2, -0.15) is 8.42 Å². The van der Waals surface area contributed by atoms with Gasteiger partial charge in [-0.05, 0) is 17.7 Å². The molecule has 1 heterocycles. The van der Waals surface area contributed by atoms with Crippen LogP contribution in [-0.2, 0) is 29.5 Å². The van der Waals surface area contributed by atoms with Crippen molar-refractivity contribution in [3.8, 4) is 0 Å². The largest absolute Gasteiger partial charge is 0.460 e. The van der Waals surface area contributed by atoms with Crippen molar-refractivity contribution in [3.63, 3.8) is 0 Å². The summed E-state index contributed by atoms with van der Waals surface area (Å²) in [6.45, 7) is 0. The van der Waals surface area contributed by atoms with E-state index >= 15 is 0 Å². The lowest BCUT2D eigenvalue weighted by molar-refractivity contribution is -0.123. The zero-order valence-electron chi connectivity index (χ0n) is 15.9. The predicted octanol–water partition coefficient (Wildman–Crippen LogP) is 2.79. The predicted molar refractivity (Wildman–Crippen MR) is 91.6 cm³/mol. The van der Waals surface area contributed by atoms with Crippen LogP contribution >= 0.6 is 11.6 Å². The third kappa shape index (κ3) is 3.66. The molecule has 0 fully saturated rings. The molecule has 2 aromatic carbocycles. The van der Waals surface area contributed by atoms with Gasteiger partial charge in [0, 0.05) is 0 Å². The van der Waals surface area contributed by atoms with Gasteiger partial charge in [-0.3, -0.25) is 4.79 Å². The Bertz CT molecular complexity index is 1110. The fourth-order valence-corrected chi connectivity index (χ4v) is 3.25. The SMILES string of the molecule is [2H]C1(c2c(F)cccc2Cl)OC(N)=C(OS(=O)(=O)C([2H])([2H])c2ccccc2)C1=O. The second-order valence-corrected chi connectivity index (χ2v) is 6.74. The molecule has 2 aromatic rings. The average Bonchev–Trinajstić information content (AvgIpc) is 2.85. The molecule has 1 aliphatic heterocycles. The molecule has 2 N–H and O–H groups in total. The summed E-state index contributed by atoms with van der Waals surface area (Å²) >= 11 is 5.88.